The maximum Gasteiger partial charge on any atom is 0.203 e. The maximum absolute atomic E-state index is 7.00. The predicted octanol–water partition coefficient (Wildman–Crippen LogP) is 10.4. The van der Waals surface area contributed by atoms with Gasteiger partial charge in [0.05, 0.1) is 40.6 Å². The van der Waals surface area contributed by atoms with Crippen molar-refractivity contribution in [3.63, 3.8) is 0 Å². The molecule has 0 amide bonds. The highest BCUT2D eigenvalue weighted by Crippen LogP contribution is 2.51. The van der Waals surface area contributed by atoms with Crippen LogP contribution in [0.4, 0.5) is 0 Å². The first-order valence-electron chi connectivity index (χ1n) is 18.3. The number of hydrogen-bond acceptors (Lipinski definition) is 7. The van der Waals surface area contributed by atoms with E-state index < -0.39 is 0 Å². The van der Waals surface area contributed by atoms with Crippen molar-refractivity contribution in [2.75, 3.05) is 28.4 Å². The highest BCUT2D eigenvalue weighted by molar-refractivity contribution is 5.85. The average Bonchev–Trinajstić information content (AvgIpc) is 3.43. The molecule has 0 saturated carbocycles. The number of benzene rings is 4. The lowest BCUT2D eigenvalue weighted by Crippen LogP contribution is -2.42. The van der Waals surface area contributed by atoms with Gasteiger partial charge in [-0.15, -0.1) is 0 Å². The van der Waals surface area contributed by atoms with Crippen LogP contribution >= 0.6 is 0 Å². The van der Waals surface area contributed by atoms with E-state index in [0.29, 0.717) is 34.5 Å². The lowest BCUT2D eigenvalue weighted by Gasteiger charge is -2.33. The molecule has 7 nitrogen and oxygen atoms in total. The first kappa shape index (κ1) is 38.4. The summed E-state index contributed by atoms with van der Waals surface area (Å²) in [4.78, 5) is 0. The molecule has 4 aromatic carbocycles. The van der Waals surface area contributed by atoms with Crippen LogP contribution in [-0.4, -0.2) is 46.7 Å². The van der Waals surface area contributed by atoms with Gasteiger partial charge >= 0.3 is 0 Å². The van der Waals surface area contributed by atoms with E-state index in [0.717, 1.165) is 41.5 Å². The summed E-state index contributed by atoms with van der Waals surface area (Å²) in [5.41, 5.74) is 15.6. The summed E-state index contributed by atoms with van der Waals surface area (Å²) in [5.74, 6) is 3.80. The minimum Gasteiger partial charge on any atom is -0.493 e. The summed E-state index contributed by atoms with van der Waals surface area (Å²) in [5, 5.41) is 0. The van der Waals surface area contributed by atoms with Gasteiger partial charge in [0, 0.05) is 11.5 Å². The van der Waals surface area contributed by atoms with E-state index in [1.807, 2.05) is 38.1 Å². The number of methoxy groups -OCH3 is 4. The van der Waals surface area contributed by atoms with Gasteiger partial charge in [0.2, 0.25) is 11.5 Å². The fourth-order valence-electron chi connectivity index (χ4n) is 6.79. The van der Waals surface area contributed by atoms with Crippen LogP contribution in [0.5, 0.6) is 34.5 Å². The van der Waals surface area contributed by atoms with Gasteiger partial charge in [-0.25, -0.2) is 0 Å². The van der Waals surface area contributed by atoms with Crippen LogP contribution in [0.2, 0.25) is 0 Å². The highest BCUT2D eigenvalue weighted by Gasteiger charge is 2.43. The second-order valence-corrected chi connectivity index (χ2v) is 13.7. The zero-order chi connectivity index (χ0) is 37.6. The molecule has 2 N–H and O–H groups in total. The molecule has 1 aliphatic rings. The van der Waals surface area contributed by atoms with Gasteiger partial charge in [0.25, 0.3) is 0 Å². The topological polar surface area (TPSA) is 81.4 Å². The molecule has 52 heavy (non-hydrogen) atoms. The fraction of sp³-hybridized carbons (Fsp3) is 0.378. The van der Waals surface area contributed by atoms with Crippen molar-refractivity contribution in [3.05, 3.63) is 94.0 Å². The van der Waals surface area contributed by atoms with Crippen LogP contribution in [0.15, 0.2) is 60.7 Å². The van der Waals surface area contributed by atoms with Gasteiger partial charge in [-0.05, 0) is 109 Å². The Hall–Kier alpha value is -4.88. The third kappa shape index (κ3) is 7.65. The SMILES string of the molecule is CCC(C)Oc1c(OC)cc(/C=C/c2ccc3c(c2)C(C)(C(N)CC)c2cc(/C=C/c4cc(OC)c(OC(C)CC)c(OC)c4)ccc2-3)cc1OC. The Kier molecular flexibility index (Phi) is 12.3. The lowest BCUT2D eigenvalue weighted by molar-refractivity contribution is 0.198. The number of rotatable bonds is 16. The van der Waals surface area contributed by atoms with Gasteiger partial charge in [0.1, 0.15) is 0 Å². The van der Waals surface area contributed by atoms with Crippen LogP contribution in [0.25, 0.3) is 35.4 Å². The largest absolute Gasteiger partial charge is 0.493 e. The molecule has 0 spiro atoms. The summed E-state index contributed by atoms with van der Waals surface area (Å²) in [6.45, 7) is 12.7. The number of hydrogen-bond donors (Lipinski definition) is 1. The van der Waals surface area contributed by atoms with Gasteiger partial charge in [0.15, 0.2) is 23.0 Å². The zero-order valence-corrected chi connectivity index (χ0v) is 32.5. The summed E-state index contributed by atoms with van der Waals surface area (Å²) in [6.07, 6.45) is 11.1. The summed E-state index contributed by atoms with van der Waals surface area (Å²) in [7, 11) is 6.61. The van der Waals surface area contributed by atoms with Crippen molar-refractivity contribution in [2.45, 2.75) is 84.5 Å². The molecular formula is C45H55NO6. The second kappa shape index (κ2) is 16.6. The van der Waals surface area contributed by atoms with Crippen LogP contribution in [-0.2, 0) is 5.41 Å². The van der Waals surface area contributed by atoms with Gasteiger partial charge in [-0.2, -0.15) is 0 Å². The maximum atomic E-state index is 7.00. The molecule has 7 heteroatoms. The smallest absolute Gasteiger partial charge is 0.203 e. The summed E-state index contributed by atoms with van der Waals surface area (Å²) < 4.78 is 35.1. The Morgan fingerprint density at radius 3 is 1.19 bits per heavy atom. The van der Waals surface area contributed by atoms with Crippen molar-refractivity contribution in [1.29, 1.82) is 0 Å². The molecule has 1 aliphatic carbocycles. The molecule has 4 aromatic rings. The van der Waals surface area contributed by atoms with Crippen molar-refractivity contribution < 1.29 is 28.4 Å². The van der Waals surface area contributed by atoms with E-state index in [-0.39, 0.29) is 23.7 Å². The first-order chi connectivity index (χ1) is 25.0. The molecule has 3 atom stereocenters. The molecular weight excluding hydrogens is 650 g/mol. The molecule has 276 valence electrons. The van der Waals surface area contributed by atoms with Crippen molar-refractivity contribution in [2.24, 2.45) is 5.73 Å². The van der Waals surface area contributed by atoms with Crippen LogP contribution in [0.3, 0.4) is 0 Å². The van der Waals surface area contributed by atoms with Crippen LogP contribution in [0, 0.1) is 0 Å². The van der Waals surface area contributed by atoms with E-state index >= 15 is 0 Å². The monoisotopic (exact) mass is 705 g/mol. The first-order valence-corrected chi connectivity index (χ1v) is 18.3. The number of nitrogens with two attached hydrogens (primary N) is 1. The number of fused-ring (bicyclic) bond motifs is 3. The lowest BCUT2D eigenvalue weighted by atomic mass is 9.72. The zero-order valence-electron chi connectivity index (χ0n) is 32.5. The van der Waals surface area contributed by atoms with Crippen LogP contribution < -0.4 is 34.2 Å². The molecule has 3 unspecified atom stereocenters. The minimum atomic E-state index is -0.379. The fourth-order valence-corrected chi connectivity index (χ4v) is 6.79. The molecule has 0 bridgehead atoms. The second-order valence-electron chi connectivity index (χ2n) is 13.7. The van der Waals surface area contributed by atoms with Gasteiger partial charge in [-0.1, -0.05) is 81.5 Å². The van der Waals surface area contributed by atoms with E-state index in [1.54, 1.807) is 28.4 Å². The molecule has 5 rings (SSSR count). The molecule has 0 saturated heterocycles. The van der Waals surface area contributed by atoms with E-state index in [2.05, 4.69) is 88.4 Å². The van der Waals surface area contributed by atoms with Crippen molar-refractivity contribution in [1.82, 2.24) is 0 Å². The predicted molar refractivity (Wildman–Crippen MR) is 214 cm³/mol. The molecule has 0 aliphatic heterocycles. The van der Waals surface area contributed by atoms with Gasteiger partial charge < -0.3 is 34.2 Å². The molecule has 0 aromatic heterocycles. The minimum absolute atomic E-state index is 0.0379. The quantitative estimate of drug-likeness (QED) is 0.116. The third-order valence-electron chi connectivity index (χ3n) is 10.4. The Bertz CT molecular complexity index is 1750. The van der Waals surface area contributed by atoms with E-state index in [1.165, 1.54) is 22.3 Å². The average molecular weight is 706 g/mol. The van der Waals surface area contributed by atoms with Crippen molar-refractivity contribution in [3.8, 4) is 45.6 Å². The normalized spacial score (nSPS) is 16.7. The van der Waals surface area contributed by atoms with E-state index in [9.17, 15) is 0 Å². The third-order valence-corrected chi connectivity index (χ3v) is 10.4. The molecule has 0 fully saturated rings. The Morgan fingerprint density at radius 1 is 0.538 bits per heavy atom. The number of ether oxygens (including phenoxy) is 6. The van der Waals surface area contributed by atoms with E-state index in [4.69, 9.17) is 34.2 Å². The molecule has 0 radical (unpaired) electrons. The highest BCUT2D eigenvalue weighted by atomic mass is 16.5. The standard InChI is InChI=1S/C45H55NO6/c1-11-28(4)51-43-38(47-7)24-32(25-39(43)48-8)16-14-30-18-20-34-35-21-19-31(23-37(35)45(6,36(34)22-30)42(46)13-3)15-17-33-26-40(49-9)44(41(27-33)50-10)52-29(5)12-2/h14-29,42H,11-13,46H2,1-10H3/b16-14+,17-15+. The Morgan fingerprint density at radius 2 is 0.885 bits per heavy atom. The summed E-state index contributed by atoms with van der Waals surface area (Å²) in [6, 6.07) is 21.2. The Labute approximate surface area is 310 Å². The molecule has 0 heterocycles. The Balaban J connectivity index is 1.48. The van der Waals surface area contributed by atoms with Gasteiger partial charge in [-0.3, -0.25) is 0 Å². The van der Waals surface area contributed by atoms with Crippen LogP contribution in [0.1, 0.15) is 94.2 Å². The summed E-state index contributed by atoms with van der Waals surface area (Å²) >= 11 is 0. The van der Waals surface area contributed by atoms with Crippen molar-refractivity contribution >= 4 is 24.3 Å².